The van der Waals surface area contributed by atoms with Crippen molar-refractivity contribution in [2.75, 3.05) is 0 Å². The summed E-state index contributed by atoms with van der Waals surface area (Å²) in [6, 6.07) is 24.5. The molecule has 35 heavy (non-hydrogen) atoms. The van der Waals surface area contributed by atoms with Crippen molar-refractivity contribution in [2.24, 2.45) is 0 Å². The molecule has 0 aliphatic carbocycles. The molecular formula is C27H19N5O3. The summed E-state index contributed by atoms with van der Waals surface area (Å²) in [5.74, 6) is 1.93. The molecule has 8 nitrogen and oxygen atoms in total. The third-order valence-corrected chi connectivity index (χ3v) is 5.67. The number of nitrogens with zero attached hydrogens (tertiary/aromatic N) is 3. The highest BCUT2D eigenvalue weighted by Crippen LogP contribution is 2.37. The number of para-hydroxylation sites is 2. The minimum absolute atomic E-state index is 0.197. The van der Waals surface area contributed by atoms with Crippen LogP contribution in [-0.2, 0) is 0 Å². The van der Waals surface area contributed by atoms with Crippen LogP contribution in [0.2, 0.25) is 0 Å². The molecular weight excluding hydrogens is 442 g/mol. The van der Waals surface area contributed by atoms with Gasteiger partial charge in [0.2, 0.25) is 5.82 Å². The molecule has 2 N–H and O–H groups in total. The first kappa shape index (κ1) is 20.6. The highest BCUT2D eigenvalue weighted by atomic mass is 16.5. The summed E-state index contributed by atoms with van der Waals surface area (Å²) in [6.07, 6.45) is 1.66. The van der Waals surface area contributed by atoms with Gasteiger partial charge in [-0.25, -0.2) is 0 Å². The second-order valence-electron chi connectivity index (χ2n) is 7.98. The van der Waals surface area contributed by atoms with Gasteiger partial charge in [-0.1, -0.05) is 41.6 Å². The zero-order valence-electron chi connectivity index (χ0n) is 18.6. The van der Waals surface area contributed by atoms with Crippen molar-refractivity contribution < 1.29 is 9.26 Å². The Balaban J connectivity index is 1.48. The Kier molecular flexibility index (Phi) is 4.96. The first-order chi connectivity index (χ1) is 17.2. The van der Waals surface area contributed by atoms with Crippen LogP contribution >= 0.6 is 0 Å². The monoisotopic (exact) mass is 461 g/mol. The second-order valence-corrected chi connectivity index (χ2v) is 7.98. The van der Waals surface area contributed by atoms with Crippen molar-refractivity contribution in [3.8, 4) is 45.9 Å². The molecule has 0 unspecified atom stereocenters. The van der Waals surface area contributed by atoms with Crippen LogP contribution in [-0.4, -0.2) is 25.1 Å². The van der Waals surface area contributed by atoms with E-state index in [1.165, 1.54) is 0 Å². The van der Waals surface area contributed by atoms with Crippen LogP contribution in [0.4, 0.5) is 0 Å². The second kappa shape index (κ2) is 8.42. The number of aromatic amines is 2. The van der Waals surface area contributed by atoms with Gasteiger partial charge in [-0.2, -0.15) is 4.98 Å². The average Bonchev–Trinajstić information content (AvgIpc) is 3.51. The molecule has 0 amide bonds. The Morgan fingerprint density at radius 3 is 2.54 bits per heavy atom. The van der Waals surface area contributed by atoms with Crippen LogP contribution in [0.1, 0.15) is 5.69 Å². The number of aromatic nitrogens is 5. The van der Waals surface area contributed by atoms with Gasteiger partial charge >= 0.3 is 0 Å². The number of nitrogens with one attached hydrogen (secondary N) is 2. The first-order valence-corrected chi connectivity index (χ1v) is 11.0. The molecule has 0 fully saturated rings. The van der Waals surface area contributed by atoms with E-state index in [0.29, 0.717) is 28.3 Å². The third kappa shape index (κ3) is 3.76. The van der Waals surface area contributed by atoms with Crippen LogP contribution in [0, 0.1) is 6.92 Å². The number of pyridine rings is 2. The lowest BCUT2D eigenvalue weighted by molar-refractivity contribution is 0.431. The van der Waals surface area contributed by atoms with Crippen molar-refractivity contribution in [3.05, 3.63) is 101 Å². The summed E-state index contributed by atoms with van der Waals surface area (Å²) in [6.45, 7) is 1.87. The highest BCUT2D eigenvalue weighted by molar-refractivity contribution is 5.99. The van der Waals surface area contributed by atoms with E-state index in [4.69, 9.17) is 9.26 Å². The molecule has 0 saturated carbocycles. The fourth-order valence-electron chi connectivity index (χ4n) is 4.08. The number of aryl methyl sites for hydroxylation is 1. The fourth-order valence-corrected chi connectivity index (χ4v) is 4.08. The van der Waals surface area contributed by atoms with E-state index in [-0.39, 0.29) is 11.4 Å². The van der Waals surface area contributed by atoms with Crippen LogP contribution in [0.25, 0.3) is 45.1 Å². The van der Waals surface area contributed by atoms with Crippen molar-refractivity contribution in [1.29, 1.82) is 0 Å². The number of hydrogen-bond acceptors (Lipinski definition) is 6. The van der Waals surface area contributed by atoms with E-state index in [0.717, 1.165) is 28.1 Å². The van der Waals surface area contributed by atoms with Gasteiger partial charge in [0.25, 0.3) is 11.4 Å². The van der Waals surface area contributed by atoms with Crippen LogP contribution < -0.4 is 10.3 Å². The predicted molar refractivity (Wildman–Crippen MR) is 132 cm³/mol. The molecule has 0 spiro atoms. The van der Waals surface area contributed by atoms with Crippen molar-refractivity contribution in [2.45, 2.75) is 6.92 Å². The summed E-state index contributed by atoms with van der Waals surface area (Å²) >= 11 is 0. The fraction of sp³-hybridized carbons (Fsp3) is 0.0370. The lowest BCUT2D eigenvalue weighted by Gasteiger charge is -2.11. The molecule has 2 aromatic carbocycles. The molecule has 4 aromatic heterocycles. The largest absolute Gasteiger partial charge is 0.457 e. The quantitative estimate of drug-likeness (QED) is 0.339. The van der Waals surface area contributed by atoms with Gasteiger partial charge in [-0.3, -0.25) is 9.78 Å². The van der Waals surface area contributed by atoms with Gasteiger partial charge in [0.1, 0.15) is 22.9 Å². The van der Waals surface area contributed by atoms with Gasteiger partial charge in [-0.15, -0.1) is 0 Å². The molecule has 6 aromatic rings. The Hall–Kier alpha value is -4.98. The van der Waals surface area contributed by atoms with E-state index >= 15 is 0 Å². The summed E-state index contributed by atoms with van der Waals surface area (Å²) < 4.78 is 11.6. The maximum Gasteiger partial charge on any atom is 0.274 e. The minimum atomic E-state index is -0.253. The molecule has 6 rings (SSSR count). The molecule has 8 heteroatoms. The lowest BCUT2D eigenvalue weighted by atomic mass is 10.1. The Labute approximate surface area is 199 Å². The first-order valence-electron chi connectivity index (χ1n) is 11.0. The molecule has 0 atom stereocenters. The zero-order valence-corrected chi connectivity index (χ0v) is 18.6. The van der Waals surface area contributed by atoms with Crippen LogP contribution in [0.3, 0.4) is 0 Å². The highest BCUT2D eigenvalue weighted by Gasteiger charge is 2.20. The maximum absolute atomic E-state index is 13.1. The zero-order chi connectivity index (χ0) is 23.8. The SMILES string of the molecule is Cc1[nH]c(-c2ccccc2Oc2ccccc2)c2cc(-c3nc(-c4ccccn4)no3)[nH]c(=O)c12. The van der Waals surface area contributed by atoms with Gasteiger partial charge < -0.3 is 19.2 Å². The summed E-state index contributed by atoms with van der Waals surface area (Å²) in [4.78, 5) is 28.0. The van der Waals surface area contributed by atoms with E-state index < -0.39 is 0 Å². The Morgan fingerprint density at radius 2 is 1.71 bits per heavy atom. The molecule has 0 saturated heterocycles. The van der Waals surface area contributed by atoms with Crippen molar-refractivity contribution >= 4 is 10.8 Å². The summed E-state index contributed by atoms with van der Waals surface area (Å²) in [7, 11) is 0. The maximum atomic E-state index is 13.1. The third-order valence-electron chi connectivity index (χ3n) is 5.67. The smallest absolute Gasteiger partial charge is 0.274 e. The topological polar surface area (TPSA) is 110 Å². The van der Waals surface area contributed by atoms with Crippen LogP contribution in [0.15, 0.2) is 94.4 Å². The Morgan fingerprint density at radius 1 is 0.914 bits per heavy atom. The van der Waals surface area contributed by atoms with E-state index in [1.54, 1.807) is 12.3 Å². The summed E-state index contributed by atoms with van der Waals surface area (Å²) in [5, 5.41) is 5.30. The molecule has 0 aliphatic heterocycles. The average molecular weight is 461 g/mol. The molecule has 170 valence electrons. The number of H-pyrrole nitrogens is 2. The number of hydrogen-bond donors (Lipinski definition) is 2. The number of benzene rings is 2. The molecule has 0 radical (unpaired) electrons. The molecule has 0 aliphatic rings. The van der Waals surface area contributed by atoms with E-state index in [1.807, 2.05) is 79.7 Å². The number of ether oxygens (including phenoxy) is 1. The number of fused-ring (bicyclic) bond motifs is 1. The Bertz CT molecular complexity index is 1700. The molecule has 0 bridgehead atoms. The summed E-state index contributed by atoms with van der Waals surface area (Å²) in [5.41, 5.74) is 3.08. The van der Waals surface area contributed by atoms with Gasteiger partial charge in [0.05, 0.1) is 11.1 Å². The van der Waals surface area contributed by atoms with E-state index in [2.05, 4.69) is 25.1 Å². The lowest BCUT2D eigenvalue weighted by Crippen LogP contribution is -2.07. The van der Waals surface area contributed by atoms with Crippen LogP contribution in [0.5, 0.6) is 11.5 Å². The number of rotatable bonds is 5. The van der Waals surface area contributed by atoms with Crippen molar-refractivity contribution in [1.82, 2.24) is 25.1 Å². The van der Waals surface area contributed by atoms with Gasteiger partial charge in [0, 0.05) is 22.8 Å². The minimum Gasteiger partial charge on any atom is -0.457 e. The normalized spacial score (nSPS) is 11.1. The van der Waals surface area contributed by atoms with Gasteiger partial charge in [0.15, 0.2) is 0 Å². The predicted octanol–water partition coefficient (Wildman–Crippen LogP) is 5.74. The standard InChI is InChI=1S/C27H19N5O3/c1-16-23-19(24(29-16)18-11-5-6-13-22(18)34-17-9-3-2-4-10-17)15-21(30-26(23)33)27-31-25(32-35-27)20-12-7-8-14-28-20/h2-15,29H,1H3,(H,30,33). The molecule has 4 heterocycles. The van der Waals surface area contributed by atoms with E-state index in [9.17, 15) is 4.79 Å². The van der Waals surface area contributed by atoms with Gasteiger partial charge in [-0.05, 0) is 49.4 Å². The van der Waals surface area contributed by atoms with Crippen molar-refractivity contribution in [3.63, 3.8) is 0 Å².